The van der Waals surface area contributed by atoms with E-state index in [1.807, 2.05) is 44.5 Å². The molecule has 10 unspecified atom stereocenters. The van der Waals surface area contributed by atoms with Gasteiger partial charge in [0.05, 0.1) is 0 Å². The van der Waals surface area contributed by atoms with Crippen molar-refractivity contribution in [3.05, 3.63) is 119 Å². The number of hydrogen-bond acceptors (Lipinski definition) is 0. The predicted molar refractivity (Wildman–Crippen MR) is 183 cm³/mol. The van der Waals surface area contributed by atoms with Crippen molar-refractivity contribution in [2.24, 2.45) is 35.5 Å². The van der Waals surface area contributed by atoms with Gasteiger partial charge in [0.25, 0.3) is 0 Å². The molecule has 0 aromatic heterocycles. The van der Waals surface area contributed by atoms with Gasteiger partial charge in [-0.05, 0) is 183 Å². The largest absolute Gasteiger partial charge is 0.103 e. The van der Waals surface area contributed by atoms with Crippen molar-refractivity contribution < 1.29 is 0 Å². The van der Waals surface area contributed by atoms with E-state index in [9.17, 15) is 0 Å². The minimum atomic E-state index is 0.492. The zero-order valence-electron chi connectivity index (χ0n) is 25.4. The summed E-state index contributed by atoms with van der Waals surface area (Å²) in [6.45, 7) is 0. The molecule has 0 amide bonds. The molecule has 0 heterocycles. The Morgan fingerprint density at radius 1 is 0.468 bits per heavy atom. The molecule has 16 aliphatic carbocycles. The van der Waals surface area contributed by atoms with E-state index in [2.05, 4.69) is 30.0 Å². The summed E-state index contributed by atoms with van der Waals surface area (Å²) in [5.74, 6) is 6.80. The van der Waals surface area contributed by atoms with Crippen LogP contribution in [0.4, 0.5) is 0 Å². The van der Waals surface area contributed by atoms with Gasteiger partial charge in [0.2, 0.25) is 0 Å². The topological polar surface area (TPSA) is 0 Å². The third-order valence-electron chi connectivity index (χ3n) is 18.2. The van der Waals surface area contributed by atoms with E-state index in [0.29, 0.717) is 41.4 Å². The minimum absolute atomic E-state index is 0.492. The Kier molecular flexibility index (Phi) is 2.02. The fourth-order valence-corrected chi connectivity index (χ4v) is 18.0. The van der Waals surface area contributed by atoms with Crippen molar-refractivity contribution in [1.82, 2.24) is 0 Å². The van der Waals surface area contributed by atoms with Gasteiger partial charge in [0, 0.05) is 46.3 Å². The molecule has 0 N–H and O–H groups in total. The SMILES string of the molecule is C1=C2C3=CC4CC5CC6CC7CC8C=C9c%10ccc%11c%12c%10-c%10c9c9c%13c%14c%15c%16c(c3c3c%17c%16c%13c%10C%17C%12C(=C23)C=1%11)C4C5=C%15C6C%14=C7C98. The van der Waals surface area contributed by atoms with Crippen LogP contribution in [-0.2, 0) is 0 Å². The van der Waals surface area contributed by atoms with Gasteiger partial charge in [-0.2, -0.15) is 0 Å². The lowest BCUT2D eigenvalue weighted by atomic mass is 9.58. The number of hydrogen-bond donors (Lipinski definition) is 0. The zero-order valence-corrected chi connectivity index (χ0v) is 25.4. The van der Waals surface area contributed by atoms with Crippen LogP contribution < -0.4 is 0 Å². The molecule has 0 heteroatoms. The number of benzene rings is 4. The van der Waals surface area contributed by atoms with Crippen LogP contribution >= 0.6 is 0 Å². The molecule has 0 nitrogen and oxygen atoms in total. The third-order valence-corrected chi connectivity index (χ3v) is 18.2. The zero-order chi connectivity index (χ0) is 28.3. The van der Waals surface area contributed by atoms with Crippen molar-refractivity contribution >= 4 is 55.0 Å². The Labute approximate surface area is 269 Å². The Morgan fingerprint density at radius 2 is 1.13 bits per heavy atom. The summed E-state index contributed by atoms with van der Waals surface area (Å²) in [6, 6.07) is 5.15. The molecule has 210 valence electrons. The van der Waals surface area contributed by atoms with Crippen LogP contribution in [0.3, 0.4) is 0 Å². The molecule has 16 aliphatic rings. The molecule has 2 fully saturated rings. The Morgan fingerprint density at radius 3 is 1.89 bits per heavy atom. The van der Waals surface area contributed by atoms with Crippen LogP contribution in [0.5, 0.6) is 0 Å². The highest BCUT2D eigenvalue weighted by atomic mass is 14.7. The van der Waals surface area contributed by atoms with E-state index in [1.165, 1.54) is 36.8 Å². The molecular formula is C47H22. The van der Waals surface area contributed by atoms with E-state index in [4.69, 9.17) is 0 Å². The predicted octanol–water partition coefficient (Wildman–Crippen LogP) is 10.1. The maximum atomic E-state index is 4.26. The highest BCUT2D eigenvalue weighted by Crippen LogP contribution is 2.83. The Bertz CT molecular complexity index is 3140. The molecule has 2 saturated carbocycles. The van der Waals surface area contributed by atoms with Crippen LogP contribution in [0.15, 0.2) is 52.3 Å². The summed E-state index contributed by atoms with van der Waals surface area (Å²) in [7, 11) is 0. The molecule has 47 heavy (non-hydrogen) atoms. The average molecular weight is 587 g/mol. The monoisotopic (exact) mass is 586 g/mol. The van der Waals surface area contributed by atoms with Crippen LogP contribution in [0.25, 0.3) is 66.1 Å². The number of fused-ring (bicyclic) bond motifs is 3. The lowest BCUT2D eigenvalue weighted by molar-refractivity contribution is 0.285. The lowest BCUT2D eigenvalue weighted by Gasteiger charge is -2.45. The Hall–Kier alpha value is -4.38. The smallest absolute Gasteiger partial charge is 0.0329 e. The van der Waals surface area contributed by atoms with Gasteiger partial charge in [0.15, 0.2) is 0 Å². The molecular weight excluding hydrogens is 565 g/mol. The third kappa shape index (κ3) is 1.29. The van der Waals surface area contributed by atoms with Crippen molar-refractivity contribution in [1.29, 1.82) is 0 Å². The number of rotatable bonds is 0. The average Bonchev–Trinajstić information content (AvgIpc) is 3.93. The molecule has 4 aromatic rings. The normalized spacial score (nSPS) is 40.8. The summed E-state index contributed by atoms with van der Waals surface area (Å²) in [5.41, 5.74) is 45.9. The van der Waals surface area contributed by atoms with E-state index in [0.717, 1.165) is 17.8 Å². The van der Waals surface area contributed by atoms with Gasteiger partial charge in [-0.1, -0.05) is 35.4 Å². The van der Waals surface area contributed by atoms with Gasteiger partial charge in [0.1, 0.15) is 0 Å². The van der Waals surface area contributed by atoms with Crippen molar-refractivity contribution in [3.8, 4) is 11.1 Å². The highest BCUT2D eigenvalue weighted by Gasteiger charge is 2.66. The fraction of sp³-hybridized carbons (Fsp3) is 0.298. The van der Waals surface area contributed by atoms with Crippen molar-refractivity contribution in [3.63, 3.8) is 0 Å². The quantitative estimate of drug-likeness (QED) is 0.125. The maximum absolute atomic E-state index is 4.26. The standard InChI is InChI=1S/C47H22/c1-2-16-19-9-20-18-8-14-6-11-4-12-3-10-5-13-7-17-15(1)26-27(16)36-28(19)29(20)38-31(18)35-24(14)22(11)33-25(12)32-21(10)23(13)34-30(17)37(26)44-43(36)45(38)47-42(35)40(33)39(32)41(34)46(44)47/h1-2,7-8,10-14,23-25,36,43H,3-6H2. The second kappa shape index (κ2) is 4.88. The molecule has 0 radical (unpaired) electrons. The highest BCUT2D eigenvalue weighted by molar-refractivity contribution is 6.36. The van der Waals surface area contributed by atoms with E-state index in [-0.39, 0.29) is 0 Å². The molecule has 0 bridgehead atoms. The van der Waals surface area contributed by atoms with E-state index < -0.39 is 0 Å². The lowest BCUT2D eigenvalue weighted by Crippen LogP contribution is -2.32. The van der Waals surface area contributed by atoms with Crippen molar-refractivity contribution in [2.45, 2.75) is 49.4 Å². The first-order chi connectivity index (χ1) is 23.4. The molecule has 0 spiro atoms. The van der Waals surface area contributed by atoms with E-state index in [1.54, 1.807) is 99.5 Å². The van der Waals surface area contributed by atoms with Gasteiger partial charge < -0.3 is 0 Å². The second-order valence-corrected chi connectivity index (χ2v) is 18.7. The minimum Gasteiger partial charge on any atom is -0.103 e. The molecule has 0 saturated heterocycles. The second-order valence-electron chi connectivity index (χ2n) is 18.7. The van der Waals surface area contributed by atoms with Gasteiger partial charge in [-0.3, -0.25) is 0 Å². The van der Waals surface area contributed by atoms with Crippen LogP contribution in [0, 0.1) is 35.5 Å². The Balaban J connectivity index is 1.22. The van der Waals surface area contributed by atoms with Gasteiger partial charge >= 0.3 is 0 Å². The number of allylic oxidation sites excluding steroid dienone is 10. The first kappa shape index (κ1) is 19.4. The fourth-order valence-electron chi connectivity index (χ4n) is 18.0. The summed E-state index contributed by atoms with van der Waals surface area (Å²) in [5, 5.41) is 7.17. The molecule has 4 aromatic carbocycles. The van der Waals surface area contributed by atoms with Crippen LogP contribution in [0.1, 0.15) is 116 Å². The maximum Gasteiger partial charge on any atom is 0.0329 e. The first-order valence-electron chi connectivity index (χ1n) is 19.0. The van der Waals surface area contributed by atoms with Gasteiger partial charge in [-0.15, -0.1) is 5.73 Å². The van der Waals surface area contributed by atoms with Gasteiger partial charge in [-0.25, -0.2) is 0 Å². The molecule has 0 aliphatic heterocycles. The molecule has 10 atom stereocenters. The summed E-state index contributed by atoms with van der Waals surface area (Å²) in [4.78, 5) is 0. The van der Waals surface area contributed by atoms with E-state index >= 15 is 0 Å². The molecule has 20 rings (SSSR count). The summed E-state index contributed by atoms with van der Waals surface area (Å²) < 4.78 is 0. The van der Waals surface area contributed by atoms with Crippen LogP contribution in [-0.4, -0.2) is 0 Å². The first-order valence-corrected chi connectivity index (χ1v) is 19.0. The summed E-state index contributed by atoms with van der Waals surface area (Å²) in [6.07, 6.45) is 11.4. The van der Waals surface area contributed by atoms with Crippen LogP contribution in [0.2, 0.25) is 0 Å². The van der Waals surface area contributed by atoms with Crippen molar-refractivity contribution in [2.75, 3.05) is 0 Å². The summed E-state index contributed by atoms with van der Waals surface area (Å²) >= 11 is 0.